The molecule has 0 aliphatic rings. The Morgan fingerprint density at radius 2 is 1.88 bits per heavy atom. The number of benzene rings is 2. The van der Waals surface area contributed by atoms with Gasteiger partial charge in [0.2, 0.25) is 0 Å². The van der Waals surface area contributed by atoms with Crippen LogP contribution in [0, 0.1) is 0 Å². The molecule has 1 heterocycles. The highest BCUT2D eigenvalue weighted by molar-refractivity contribution is 7.92. The number of carbonyl (C=O) groups is 1. The fourth-order valence-corrected chi connectivity index (χ4v) is 3.97. The van der Waals surface area contributed by atoms with Crippen molar-refractivity contribution < 1.29 is 18.3 Å². The van der Waals surface area contributed by atoms with Crippen LogP contribution in [0.25, 0.3) is 10.9 Å². The van der Waals surface area contributed by atoms with Gasteiger partial charge in [-0.05, 0) is 30.3 Å². The zero-order chi connectivity index (χ0) is 18.4. The summed E-state index contributed by atoms with van der Waals surface area (Å²) in [5, 5.41) is 10.5. The summed E-state index contributed by atoms with van der Waals surface area (Å²) in [5.74, 6) is -1.59. The van der Waals surface area contributed by atoms with Crippen LogP contribution in [-0.2, 0) is 10.0 Å². The molecule has 0 unspecified atom stereocenters. The molecule has 0 atom stereocenters. The van der Waals surface area contributed by atoms with E-state index in [4.69, 9.17) is 28.9 Å². The molecule has 10 heteroatoms. The molecule has 7 nitrogen and oxygen atoms in total. The van der Waals surface area contributed by atoms with Gasteiger partial charge in [0.05, 0.1) is 26.2 Å². The van der Waals surface area contributed by atoms with Gasteiger partial charge < -0.3 is 15.8 Å². The number of phenols is 1. The number of nitrogens with one attached hydrogen (secondary N) is 2. The number of amides is 1. The van der Waals surface area contributed by atoms with Gasteiger partial charge in [-0.25, -0.2) is 8.42 Å². The summed E-state index contributed by atoms with van der Waals surface area (Å²) < 4.78 is 27.5. The Morgan fingerprint density at radius 3 is 2.56 bits per heavy atom. The first-order chi connectivity index (χ1) is 11.7. The summed E-state index contributed by atoms with van der Waals surface area (Å²) in [5.41, 5.74) is 5.58. The first kappa shape index (κ1) is 17.4. The zero-order valence-electron chi connectivity index (χ0n) is 12.4. The first-order valence-corrected chi connectivity index (χ1v) is 9.05. The van der Waals surface area contributed by atoms with Crippen LogP contribution in [0.5, 0.6) is 5.75 Å². The van der Waals surface area contributed by atoms with E-state index in [1.54, 1.807) is 18.3 Å². The molecule has 3 rings (SSSR count). The van der Waals surface area contributed by atoms with Crippen molar-refractivity contribution in [3.05, 3.63) is 52.1 Å². The van der Waals surface area contributed by atoms with Crippen molar-refractivity contribution >= 4 is 55.7 Å². The van der Waals surface area contributed by atoms with Crippen molar-refractivity contribution in [2.75, 3.05) is 4.72 Å². The number of H-pyrrole nitrogens is 1. The summed E-state index contributed by atoms with van der Waals surface area (Å²) in [7, 11) is -4.10. The minimum atomic E-state index is -4.10. The molecular formula is C15H11Cl2N3O4S. The van der Waals surface area contributed by atoms with Crippen molar-refractivity contribution in [1.29, 1.82) is 0 Å². The second-order valence-corrected chi connectivity index (χ2v) is 7.66. The van der Waals surface area contributed by atoms with E-state index >= 15 is 0 Å². The van der Waals surface area contributed by atoms with Crippen molar-refractivity contribution in [1.82, 2.24) is 4.98 Å². The summed E-state index contributed by atoms with van der Waals surface area (Å²) >= 11 is 11.9. The van der Waals surface area contributed by atoms with Gasteiger partial charge in [-0.15, -0.1) is 0 Å². The molecule has 1 aromatic heterocycles. The summed E-state index contributed by atoms with van der Waals surface area (Å²) in [6.45, 7) is 0. The minimum absolute atomic E-state index is 0.213. The van der Waals surface area contributed by atoms with Gasteiger partial charge in [0.25, 0.3) is 15.9 Å². The van der Waals surface area contributed by atoms with Crippen LogP contribution < -0.4 is 10.5 Å². The maximum Gasteiger partial charge on any atom is 0.261 e. The summed E-state index contributed by atoms with van der Waals surface area (Å²) in [6.07, 6.45) is 1.67. The highest BCUT2D eigenvalue weighted by Gasteiger charge is 2.21. The van der Waals surface area contributed by atoms with Gasteiger partial charge in [0, 0.05) is 17.1 Å². The molecule has 25 heavy (non-hydrogen) atoms. The number of halogens is 2. The SMILES string of the molecule is NC(=O)c1cc(S(=O)(=O)Nc2cc(Cl)c3cc[nH]c3c2)cc(Cl)c1O. The Balaban J connectivity index is 2.05. The Bertz CT molecular complexity index is 1110. The number of hydrogen-bond acceptors (Lipinski definition) is 4. The fraction of sp³-hybridized carbons (Fsp3) is 0. The Kier molecular flexibility index (Phi) is 4.28. The van der Waals surface area contributed by atoms with Crippen molar-refractivity contribution in [3.8, 4) is 5.75 Å². The van der Waals surface area contributed by atoms with Gasteiger partial charge in [-0.3, -0.25) is 9.52 Å². The third-order valence-electron chi connectivity index (χ3n) is 3.48. The summed E-state index contributed by atoms with van der Waals surface area (Å²) in [6, 6.07) is 6.73. The number of carbonyl (C=O) groups excluding carboxylic acids is 1. The van der Waals surface area contributed by atoms with E-state index in [-0.39, 0.29) is 15.6 Å². The van der Waals surface area contributed by atoms with Gasteiger partial charge in [0.15, 0.2) is 0 Å². The van der Waals surface area contributed by atoms with E-state index in [0.29, 0.717) is 10.5 Å². The van der Waals surface area contributed by atoms with Crippen LogP contribution in [0.2, 0.25) is 10.0 Å². The van der Waals surface area contributed by atoms with E-state index in [1.807, 2.05) is 0 Å². The molecule has 0 radical (unpaired) electrons. The van der Waals surface area contributed by atoms with Crippen LogP contribution in [0.15, 0.2) is 41.4 Å². The van der Waals surface area contributed by atoms with Gasteiger partial charge in [-0.2, -0.15) is 0 Å². The lowest BCUT2D eigenvalue weighted by atomic mass is 10.2. The van der Waals surface area contributed by atoms with Crippen molar-refractivity contribution in [3.63, 3.8) is 0 Å². The lowest BCUT2D eigenvalue weighted by Crippen LogP contribution is -2.16. The number of fused-ring (bicyclic) bond motifs is 1. The number of rotatable bonds is 4. The fourth-order valence-electron chi connectivity index (χ4n) is 2.31. The standard InChI is InChI=1S/C15H11Cl2N3O4S/c16-11-3-7(4-13-9(11)1-2-19-13)20-25(23,24)8-5-10(15(18)22)14(21)12(17)6-8/h1-6,19-21H,(H2,18,22). The highest BCUT2D eigenvalue weighted by atomic mass is 35.5. The number of hydrogen-bond donors (Lipinski definition) is 4. The predicted octanol–water partition coefficient (Wildman–Crippen LogP) is 3.08. The Hall–Kier alpha value is -2.42. The van der Waals surface area contributed by atoms with E-state index in [0.717, 1.165) is 17.5 Å². The quantitative estimate of drug-likeness (QED) is 0.537. The molecule has 130 valence electrons. The molecule has 1 amide bonds. The van der Waals surface area contributed by atoms with Crippen LogP contribution in [0.4, 0.5) is 5.69 Å². The molecule has 2 aromatic carbocycles. The molecule has 3 aromatic rings. The zero-order valence-corrected chi connectivity index (χ0v) is 14.7. The van der Waals surface area contributed by atoms with Crippen molar-refractivity contribution in [2.45, 2.75) is 4.90 Å². The average Bonchev–Trinajstić information content (AvgIpc) is 2.97. The molecule has 0 saturated carbocycles. The number of aromatic hydroxyl groups is 1. The maximum absolute atomic E-state index is 12.6. The number of anilines is 1. The van der Waals surface area contributed by atoms with Crippen LogP contribution in [-0.4, -0.2) is 24.4 Å². The van der Waals surface area contributed by atoms with E-state index < -0.39 is 27.2 Å². The second-order valence-electron chi connectivity index (χ2n) is 5.17. The van der Waals surface area contributed by atoms with Gasteiger partial charge in [0.1, 0.15) is 5.75 Å². The topological polar surface area (TPSA) is 125 Å². The molecule has 0 aliphatic carbocycles. The molecule has 0 spiro atoms. The molecule has 0 saturated heterocycles. The molecule has 0 aliphatic heterocycles. The van der Waals surface area contributed by atoms with Gasteiger partial charge in [-0.1, -0.05) is 23.2 Å². The number of primary amides is 1. The highest BCUT2D eigenvalue weighted by Crippen LogP contribution is 2.32. The average molecular weight is 400 g/mol. The molecule has 0 bridgehead atoms. The number of aromatic amines is 1. The number of nitrogens with two attached hydrogens (primary N) is 1. The number of aromatic nitrogens is 1. The first-order valence-electron chi connectivity index (χ1n) is 6.81. The maximum atomic E-state index is 12.6. The predicted molar refractivity (Wildman–Crippen MR) is 95.8 cm³/mol. The largest absolute Gasteiger partial charge is 0.506 e. The monoisotopic (exact) mass is 399 g/mol. The van der Waals surface area contributed by atoms with Crippen molar-refractivity contribution in [2.24, 2.45) is 5.73 Å². The van der Waals surface area contributed by atoms with Crippen LogP contribution >= 0.6 is 23.2 Å². The van der Waals surface area contributed by atoms with E-state index in [2.05, 4.69) is 9.71 Å². The van der Waals surface area contributed by atoms with Crippen LogP contribution in [0.1, 0.15) is 10.4 Å². The Labute approximate surface area is 152 Å². The second kappa shape index (κ2) is 6.14. The van der Waals surface area contributed by atoms with Gasteiger partial charge >= 0.3 is 0 Å². The molecular weight excluding hydrogens is 389 g/mol. The van der Waals surface area contributed by atoms with E-state index in [9.17, 15) is 18.3 Å². The Morgan fingerprint density at radius 1 is 1.16 bits per heavy atom. The summed E-state index contributed by atoms with van der Waals surface area (Å²) in [4.78, 5) is 13.9. The lowest BCUT2D eigenvalue weighted by Gasteiger charge is -2.11. The third-order valence-corrected chi connectivity index (χ3v) is 5.44. The normalized spacial score (nSPS) is 11.6. The molecule has 0 fully saturated rings. The smallest absolute Gasteiger partial charge is 0.261 e. The van der Waals surface area contributed by atoms with E-state index in [1.165, 1.54) is 6.07 Å². The number of sulfonamides is 1. The van der Waals surface area contributed by atoms with Crippen LogP contribution in [0.3, 0.4) is 0 Å². The third kappa shape index (κ3) is 3.23. The minimum Gasteiger partial charge on any atom is -0.506 e. The molecule has 5 N–H and O–H groups in total. The lowest BCUT2D eigenvalue weighted by molar-refractivity contribution is 0.0997.